The number of aromatic nitrogens is 1. The van der Waals surface area contributed by atoms with Crippen LogP contribution in [0.1, 0.15) is 24.0 Å². The molecule has 1 saturated heterocycles. The van der Waals surface area contributed by atoms with Crippen LogP contribution in [0, 0.1) is 6.92 Å². The molecule has 1 unspecified atom stereocenters. The Hall–Kier alpha value is -4.65. The molecule has 0 bridgehead atoms. The number of likely N-dealkylation sites (tertiary alicyclic amines) is 1. The van der Waals surface area contributed by atoms with Crippen LogP contribution in [0.15, 0.2) is 76.6 Å². The number of benzene rings is 2. The Morgan fingerprint density at radius 2 is 1.86 bits per heavy atom. The number of aryl methyl sites for hydroxylation is 1. The minimum absolute atomic E-state index is 0.0916. The summed E-state index contributed by atoms with van der Waals surface area (Å²) in [7, 11) is 1.36. The second-order valence-electron chi connectivity index (χ2n) is 9.51. The number of hydrazine groups is 1. The average molecular weight is 586 g/mol. The highest BCUT2D eigenvalue weighted by molar-refractivity contribution is 6.03. The highest BCUT2D eigenvalue weighted by atomic mass is 19.4. The molecule has 42 heavy (non-hydrogen) atoms. The largest absolute Gasteiger partial charge is 0.573 e. The van der Waals surface area contributed by atoms with Crippen LogP contribution in [0.5, 0.6) is 5.75 Å². The van der Waals surface area contributed by atoms with Crippen LogP contribution in [-0.4, -0.2) is 60.3 Å². The van der Waals surface area contributed by atoms with Crippen molar-refractivity contribution >= 4 is 29.6 Å². The van der Waals surface area contributed by atoms with Crippen LogP contribution in [0.25, 0.3) is 0 Å². The second-order valence-corrected chi connectivity index (χ2v) is 9.51. The number of nitrogens with zero attached hydrogens (tertiary/aromatic N) is 4. The van der Waals surface area contributed by atoms with E-state index in [9.17, 15) is 27.6 Å². The van der Waals surface area contributed by atoms with Gasteiger partial charge in [-0.2, -0.15) is 0 Å². The number of anilines is 1. The number of pyridine rings is 1. The lowest BCUT2D eigenvalue weighted by Crippen LogP contribution is -2.42. The first-order chi connectivity index (χ1) is 20.1. The Kier molecular flexibility index (Phi) is 9.63. The van der Waals surface area contributed by atoms with Crippen molar-refractivity contribution in [1.29, 1.82) is 0 Å². The molecule has 0 spiro atoms. The molecule has 1 N–H and O–H groups in total. The van der Waals surface area contributed by atoms with E-state index in [1.807, 2.05) is 24.0 Å². The minimum Gasteiger partial charge on any atom is -0.468 e. The highest BCUT2D eigenvalue weighted by Crippen LogP contribution is 2.25. The molecule has 1 aromatic heterocycles. The molecule has 0 radical (unpaired) electrons. The monoisotopic (exact) mass is 585 g/mol. The van der Waals surface area contributed by atoms with Gasteiger partial charge in [-0.15, -0.1) is 13.2 Å². The fraction of sp³-hybridized carbons (Fsp3) is 0.310. The van der Waals surface area contributed by atoms with Gasteiger partial charge in [0.25, 0.3) is 5.56 Å². The maximum atomic E-state index is 13.4. The minimum atomic E-state index is -4.85. The zero-order chi connectivity index (χ0) is 30.3. The summed E-state index contributed by atoms with van der Waals surface area (Å²) in [4.78, 5) is 44.1. The molecule has 1 atom stereocenters. The normalized spacial score (nSPS) is 15.7. The quantitative estimate of drug-likeness (QED) is 0.126. The molecule has 3 aromatic rings. The lowest BCUT2D eigenvalue weighted by atomic mass is 10.1. The lowest BCUT2D eigenvalue weighted by Gasteiger charge is -2.23. The molecule has 4 rings (SSSR count). The lowest BCUT2D eigenvalue weighted by molar-refractivity contribution is -0.274. The zero-order valence-electron chi connectivity index (χ0n) is 23.0. The van der Waals surface area contributed by atoms with Gasteiger partial charge in [0.15, 0.2) is 5.84 Å². The number of amidine groups is 1. The SMILES string of the molecule is COC(=O)C1CCCN1CCn1cccc(N=C(NN(C=O)c2ccc(OC(F)(F)F)cc2)c2ccccc2C)c1=O. The van der Waals surface area contributed by atoms with Crippen molar-refractivity contribution in [3.8, 4) is 5.75 Å². The Bertz CT molecular complexity index is 1490. The number of amides is 1. The Labute approximate surface area is 239 Å². The molecule has 10 nitrogen and oxygen atoms in total. The van der Waals surface area contributed by atoms with E-state index < -0.39 is 12.1 Å². The number of esters is 1. The molecule has 1 amide bonds. The molecule has 0 aliphatic carbocycles. The highest BCUT2D eigenvalue weighted by Gasteiger charge is 2.32. The second kappa shape index (κ2) is 13.3. The summed E-state index contributed by atoms with van der Waals surface area (Å²) in [5.74, 6) is -0.577. The standard InChI is InChI=1S/C29H30F3N5O5/c1-20-7-3-4-8-23(20)26(34-37(19-38)21-11-13-22(14-12-21)42-29(30,31)32)33-24-9-5-16-36(27(24)39)18-17-35-15-6-10-25(35)28(40)41-2/h3-5,7-9,11-14,16,19,25H,6,10,15,17-18H2,1-2H3,(H,33,34). The average Bonchev–Trinajstić information content (AvgIpc) is 3.44. The van der Waals surface area contributed by atoms with Crippen molar-refractivity contribution in [3.05, 3.63) is 88.3 Å². The predicted octanol–water partition coefficient (Wildman–Crippen LogP) is 3.94. The number of alkyl halides is 3. The summed E-state index contributed by atoms with van der Waals surface area (Å²) in [5.41, 5.74) is 4.19. The maximum Gasteiger partial charge on any atom is 0.573 e. The summed E-state index contributed by atoms with van der Waals surface area (Å²) in [5, 5.41) is 1.03. The zero-order valence-corrected chi connectivity index (χ0v) is 23.0. The first kappa shape index (κ1) is 30.3. The van der Waals surface area contributed by atoms with Gasteiger partial charge in [0.1, 0.15) is 17.5 Å². The van der Waals surface area contributed by atoms with Crippen LogP contribution < -0.4 is 20.7 Å². The van der Waals surface area contributed by atoms with Crippen molar-refractivity contribution in [2.75, 3.05) is 25.2 Å². The third-order valence-electron chi connectivity index (χ3n) is 6.78. The molecule has 1 fully saturated rings. The fourth-order valence-electron chi connectivity index (χ4n) is 4.70. The smallest absolute Gasteiger partial charge is 0.468 e. The number of halogens is 3. The van der Waals surface area contributed by atoms with Gasteiger partial charge in [-0.3, -0.25) is 24.7 Å². The van der Waals surface area contributed by atoms with Crippen molar-refractivity contribution in [2.24, 2.45) is 4.99 Å². The Morgan fingerprint density at radius 3 is 2.52 bits per heavy atom. The number of nitrogens with one attached hydrogen (secondary N) is 1. The summed E-state index contributed by atoms with van der Waals surface area (Å²) >= 11 is 0. The van der Waals surface area contributed by atoms with E-state index >= 15 is 0 Å². The number of aliphatic imine (C=N–C) groups is 1. The van der Waals surface area contributed by atoms with Gasteiger partial charge < -0.3 is 14.0 Å². The molecule has 1 aliphatic heterocycles. The summed E-state index contributed by atoms with van der Waals surface area (Å²) in [6, 6.07) is 14.7. The van der Waals surface area contributed by atoms with Gasteiger partial charge in [0.05, 0.1) is 12.8 Å². The molecule has 1 aliphatic rings. The van der Waals surface area contributed by atoms with Crippen LogP contribution in [0.3, 0.4) is 0 Å². The van der Waals surface area contributed by atoms with Crippen LogP contribution in [-0.2, 0) is 20.9 Å². The van der Waals surface area contributed by atoms with Crippen molar-refractivity contribution in [2.45, 2.75) is 38.7 Å². The summed E-state index contributed by atoms with van der Waals surface area (Å²) in [6.45, 7) is 3.33. The Balaban J connectivity index is 1.62. The molecule has 222 valence electrons. The molecule has 0 saturated carbocycles. The number of carbonyl (C=O) groups excluding carboxylic acids is 2. The van der Waals surface area contributed by atoms with Gasteiger partial charge >= 0.3 is 12.3 Å². The first-order valence-corrected chi connectivity index (χ1v) is 13.1. The third kappa shape index (κ3) is 7.55. The number of methoxy groups -OCH3 is 1. The van der Waals surface area contributed by atoms with Crippen molar-refractivity contribution < 1.29 is 32.2 Å². The van der Waals surface area contributed by atoms with Crippen LogP contribution in [0.4, 0.5) is 24.5 Å². The van der Waals surface area contributed by atoms with Gasteiger partial charge in [-0.1, -0.05) is 24.3 Å². The number of hydrogen-bond acceptors (Lipinski definition) is 7. The van der Waals surface area contributed by atoms with Gasteiger partial charge in [-0.25, -0.2) is 10.0 Å². The number of rotatable bonds is 10. The molecular weight excluding hydrogens is 555 g/mol. The number of carbonyl (C=O) groups is 2. The number of ether oxygens (including phenoxy) is 2. The maximum absolute atomic E-state index is 13.4. The van der Waals surface area contributed by atoms with E-state index in [1.165, 1.54) is 23.8 Å². The van der Waals surface area contributed by atoms with E-state index in [0.29, 0.717) is 31.5 Å². The predicted molar refractivity (Wildman–Crippen MR) is 149 cm³/mol. The van der Waals surface area contributed by atoms with Gasteiger partial charge in [0.2, 0.25) is 6.41 Å². The molecule has 13 heteroatoms. The van der Waals surface area contributed by atoms with Crippen molar-refractivity contribution in [1.82, 2.24) is 14.9 Å². The van der Waals surface area contributed by atoms with Gasteiger partial charge in [0, 0.05) is 24.8 Å². The van der Waals surface area contributed by atoms with E-state index in [4.69, 9.17) is 4.74 Å². The van der Waals surface area contributed by atoms with Crippen LogP contribution in [0.2, 0.25) is 0 Å². The number of hydrogen-bond donors (Lipinski definition) is 1. The van der Waals surface area contributed by atoms with Crippen molar-refractivity contribution in [3.63, 3.8) is 0 Å². The van der Waals surface area contributed by atoms with Gasteiger partial charge in [-0.05, 0) is 68.3 Å². The summed E-state index contributed by atoms with van der Waals surface area (Å²) in [6.07, 6.45) is -1.23. The topological polar surface area (TPSA) is 105 Å². The van der Waals surface area contributed by atoms with E-state index in [-0.39, 0.29) is 34.8 Å². The third-order valence-corrected chi connectivity index (χ3v) is 6.78. The van der Waals surface area contributed by atoms with Crippen LogP contribution >= 0.6 is 0 Å². The van der Waals surface area contributed by atoms with E-state index in [2.05, 4.69) is 15.2 Å². The first-order valence-electron chi connectivity index (χ1n) is 13.1. The van der Waals surface area contributed by atoms with E-state index in [1.54, 1.807) is 30.5 Å². The molecular formula is C29H30F3N5O5. The molecule has 2 aromatic carbocycles. The summed E-state index contributed by atoms with van der Waals surface area (Å²) < 4.78 is 48.0. The Morgan fingerprint density at radius 1 is 1.12 bits per heavy atom. The van der Waals surface area contributed by atoms with E-state index in [0.717, 1.165) is 35.7 Å². The fourth-order valence-corrected chi connectivity index (χ4v) is 4.70. The molecule has 2 heterocycles.